The zero-order valence-electron chi connectivity index (χ0n) is 9.63. The number of carboxylic acids is 1. The molecular formula is C12H11FN2O3. The van der Waals surface area contributed by atoms with Gasteiger partial charge in [-0.25, -0.2) is 13.9 Å². The number of aromatic nitrogens is 2. The van der Waals surface area contributed by atoms with Gasteiger partial charge in [0, 0.05) is 6.07 Å². The number of rotatable bonds is 4. The van der Waals surface area contributed by atoms with Crippen molar-refractivity contribution in [3.05, 3.63) is 41.8 Å². The van der Waals surface area contributed by atoms with Crippen LogP contribution in [0.25, 0.3) is 5.69 Å². The monoisotopic (exact) mass is 250 g/mol. The minimum absolute atomic E-state index is 0.0796. The Hall–Kier alpha value is -2.37. The smallest absolute Gasteiger partial charge is 0.354 e. The Labute approximate surface area is 102 Å². The molecule has 6 heteroatoms. The number of hydrogen-bond acceptors (Lipinski definition) is 3. The van der Waals surface area contributed by atoms with Crippen LogP contribution in [0.1, 0.15) is 17.4 Å². The van der Waals surface area contributed by atoms with Crippen molar-refractivity contribution in [2.75, 3.05) is 6.61 Å². The van der Waals surface area contributed by atoms with Gasteiger partial charge in [0.25, 0.3) is 0 Å². The molecule has 94 valence electrons. The highest BCUT2D eigenvalue weighted by atomic mass is 19.1. The van der Waals surface area contributed by atoms with E-state index in [4.69, 9.17) is 9.84 Å². The summed E-state index contributed by atoms with van der Waals surface area (Å²) in [7, 11) is 0. The number of benzene rings is 1. The van der Waals surface area contributed by atoms with Crippen molar-refractivity contribution in [3.8, 4) is 11.6 Å². The van der Waals surface area contributed by atoms with E-state index in [0.717, 1.165) is 4.68 Å². The van der Waals surface area contributed by atoms with Crippen LogP contribution >= 0.6 is 0 Å². The van der Waals surface area contributed by atoms with Gasteiger partial charge in [-0.3, -0.25) is 0 Å². The second-order valence-electron chi connectivity index (χ2n) is 3.50. The number of aromatic carboxylic acids is 1. The van der Waals surface area contributed by atoms with Crippen LogP contribution in [0.2, 0.25) is 0 Å². The molecule has 0 aliphatic heterocycles. The summed E-state index contributed by atoms with van der Waals surface area (Å²) in [6, 6.07) is 6.83. The number of nitrogens with zero attached hydrogens (tertiary/aromatic N) is 2. The van der Waals surface area contributed by atoms with Gasteiger partial charge in [0.05, 0.1) is 12.3 Å². The van der Waals surface area contributed by atoms with E-state index in [1.54, 1.807) is 13.0 Å². The Kier molecular flexibility index (Phi) is 3.27. The summed E-state index contributed by atoms with van der Waals surface area (Å²) in [6.45, 7) is 2.14. The van der Waals surface area contributed by atoms with Crippen LogP contribution in [0.4, 0.5) is 4.39 Å². The van der Waals surface area contributed by atoms with Crippen LogP contribution in [0.15, 0.2) is 30.3 Å². The fraction of sp³-hybridized carbons (Fsp3) is 0.167. The number of carboxylic acid groups (broad SMARTS) is 1. The van der Waals surface area contributed by atoms with Crippen molar-refractivity contribution in [1.29, 1.82) is 0 Å². The molecule has 2 rings (SSSR count). The maximum Gasteiger partial charge on any atom is 0.354 e. The first-order valence-electron chi connectivity index (χ1n) is 5.34. The van der Waals surface area contributed by atoms with E-state index in [0.29, 0.717) is 12.3 Å². The van der Waals surface area contributed by atoms with E-state index in [1.807, 2.05) is 0 Å². The highest BCUT2D eigenvalue weighted by molar-refractivity contribution is 5.86. The van der Waals surface area contributed by atoms with E-state index in [1.165, 1.54) is 24.3 Å². The minimum Gasteiger partial charge on any atom is -0.477 e. The second-order valence-corrected chi connectivity index (χ2v) is 3.50. The van der Waals surface area contributed by atoms with Crippen molar-refractivity contribution >= 4 is 5.97 Å². The maximum atomic E-state index is 13.1. The molecule has 0 amide bonds. The summed E-state index contributed by atoms with van der Waals surface area (Å²) >= 11 is 0. The summed E-state index contributed by atoms with van der Waals surface area (Å²) < 4.78 is 19.4. The summed E-state index contributed by atoms with van der Waals surface area (Å²) in [5.41, 5.74) is 0.252. The third-order valence-electron chi connectivity index (χ3n) is 2.25. The van der Waals surface area contributed by atoms with Gasteiger partial charge >= 0.3 is 5.97 Å². The summed E-state index contributed by atoms with van der Waals surface area (Å²) in [5.74, 6) is -1.42. The third-order valence-corrected chi connectivity index (χ3v) is 2.25. The molecule has 0 spiro atoms. The first-order valence-corrected chi connectivity index (χ1v) is 5.34. The summed E-state index contributed by atoms with van der Waals surface area (Å²) in [4.78, 5) is 11.1. The lowest BCUT2D eigenvalue weighted by atomic mass is 10.3. The fourth-order valence-electron chi connectivity index (χ4n) is 1.53. The molecule has 1 aromatic heterocycles. The van der Waals surface area contributed by atoms with Crippen LogP contribution in [-0.4, -0.2) is 27.5 Å². The molecule has 2 aromatic rings. The number of carbonyl (C=O) groups is 1. The number of ether oxygens (including phenoxy) is 1. The van der Waals surface area contributed by atoms with E-state index >= 15 is 0 Å². The Morgan fingerprint density at radius 3 is 2.89 bits per heavy atom. The SMILES string of the molecule is CCOc1cc(C(=O)O)n(-c2cccc(F)c2)n1. The Bertz CT molecular complexity index is 580. The lowest BCUT2D eigenvalue weighted by Gasteiger charge is -2.03. The Balaban J connectivity index is 2.51. The zero-order chi connectivity index (χ0) is 13.1. The first-order chi connectivity index (χ1) is 8.61. The van der Waals surface area contributed by atoms with Gasteiger partial charge in [-0.05, 0) is 25.1 Å². The van der Waals surface area contributed by atoms with Crippen LogP contribution in [0.5, 0.6) is 5.88 Å². The minimum atomic E-state index is -1.15. The van der Waals surface area contributed by atoms with Crippen molar-refractivity contribution < 1.29 is 19.0 Å². The molecule has 5 nitrogen and oxygen atoms in total. The quantitative estimate of drug-likeness (QED) is 0.902. The molecule has 0 fully saturated rings. The van der Waals surface area contributed by atoms with Gasteiger partial charge in [-0.1, -0.05) is 6.07 Å². The van der Waals surface area contributed by atoms with Gasteiger partial charge in [-0.2, -0.15) is 0 Å². The number of halogens is 1. The standard InChI is InChI=1S/C12H11FN2O3/c1-2-18-11-7-10(12(16)17)15(14-11)9-5-3-4-8(13)6-9/h3-7H,2H2,1H3,(H,16,17). The van der Waals surface area contributed by atoms with Crippen molar-refractivity contribution in [2.24, 2.45) is 0 Å². The topological polar surface area (TPSA) is 64.3 Å². The average Bonchev–Trinajstić information content (AvgIpc) is 2.74. The van der Waals surface area contributed by atoms with Gasteiger partial charge < -0.3 is 9.84 Å². The normalized spacial score (nSPS) is 10.3. The average molecular weight is 250 g/mol. The van der Waals surface area contributed by atoms with Gasteiger partial charge in [0.15, 0.2) is 5.69 Å². The molecule has 0 aliphatic rings. The molecule has 1 aromatic carbocycles. The van der Waals surface area contributed by atoms with Crippen molar-refractivity contribution in [2.45, 2.75) is 6.92 Å². The fourth-order valence-corrected chi connectivity index (χ4v) is 1.53. The van der Waals surface area contributed by atoms with Crippen molar-refractivity contribution in [1.82, 2.24) is 9.78 Å². The van der Waals surface area contributed by atoms with Crippen LogP contribution < -0.4 is 4.74 Å². The molecule has 0 unspecified atom stereocenters. The lowest BCUT2D eigenvalue weighted by Crippen LogP contribution is -2.08. The molecule has 0 radical (unpaired) electrons. The van der Waals surface area contributed by atoms with Crippen LogP contribution in [0.3, 0.4) is 0 Å². The number of hydrogen-bond donors (Lipinski definition) is 1. The zero-order valence-corrected chi connectivity index (χ0v) is 9.63. The maximum absolute atomic E-state index is 13.1. The predicted octanol–water partition coefficient (Wildman–Crippen LogP) is 2.11. The van der Waals surface area contributed by atoms with Gasteiger partial charge in [0.2, 0.25) is 5.88 Å². The molecule has 0 saturated heterocycles. The predicted molar refractivity (Wildman–Crippen MR) is 61.7 cm³/mol. The summed E-state index contributed by atoms with van der Waals surface area (Å²) in [6.07, 6.45) is 0. The molecule has 1 N–H and O–H groups in total. The van der Waals surface area contributed by atoms with Crippen LogP contribution in [0, 0.1) is 5.82 Å². The highest BCUT2D eigenvalue weighted by Crippen LogP contribution is 2.18. The van der Waals surface area contributed by atoms with E-state index in [-0.39, 0.29) is 11.6 Å². The Morgan fingerprint density at radius 1 is 1.50 bits per heavy atom. The molecule has 0 bridgehead atoms. The third kappa shape index (κ3) is 2.32. The van der Waals surface area contributed by atoms with Gasteiger partial charge in [0.1, 0.15) is 5.82 Å². The first kappa shape index (κ1) is 12.1. The van der Waals surface area contributed by atoms with Gasteiger partial charge in [-0.15, -0.1) is 5.10 Å². The highest BCUT2D eigenvalue weighted by Gasteiger charge is 2.16. The molecule has 0 atom stereocenters. The largest absolute Gasteiger partial charge is 0.477 e. The molecule has 18 heavy (non-hydrogen) atoms. The molecule has 0 aliphatic carbocycles. The molecular weight excluding hydrogens is 239 g/mol. The molecule has 0 saturated carbocycles. The lowest BCUT2D eigenvalue weighted by molar-refractivity contribution is 0.0687. The van der Waals surface area contributed by atoms with E-state index in [9.17, 15) is 9.18 Å². The van der Waals surface area contributed by atoms with E-state index < -0.39 is 11.8 Å². The van der Waals surface area contributed by atoms with E-state index in [2.05, 4.69) is 5.10 Å². The summed E-state index contributed by atoms with van der Waals surface area (Å²) in [5, 5.41) is 13.0. The second kappa shape index (κ2) is 4.87. The molecule has 1 heterocycles. The Morgan fingerprint density at radius 2 is 2.28 bits per heavy atom. The van der Waals surface area contributed by atoms with Crippen LogP contribution in [-0.2, 0) is 0 Å². The van der Waals surface area contributed by atoms with Crippen molar-refractivity contribution in [3.63, 3.8) is 0 Å².